The van der Waals surface area contributed by atoms with Crippen LogP contribution >= 0.6 is 43.3 Å². The number of unbranched alkanes of at least 4 members (excludes halogenated alkanes) is 4. The molecule has 0 saturated carbocycles. The van der Waals surface area contributed by atoms with Gasteiger partial charge in [0, 0.05) is 53.2 Å². The van der Waals surface area contributed by atoms with Crippen LogP contribution < -0.4 is 9.47 Å². The lowest BCUT2D eigenvalue weighted by Crippen LogP contribution is -2.34. The van der Waals surface area contributed by atoms with Crippen LogP contribution in [0, 0.1) is 23.7 Å². The van der Waals surface area contributed by atoms with Crippen molar-refractivity contribution in [2.45, 2.75) is 164 Å². The predicted octanol–water partition coefficient (Wildman–Crippen LogP) is 14.0. The molecule has 67 heavy (non-hydrogen) atoms. The molecule has 5 rings (SSSR count). The predicted molar refractivity (Wildman–Crippen MR) is 262 cm³/mol. The first-order chi connectivity index (χ1) is 31.4. The van der Waals surface area contributed by atoms with Gasteiger partial charge in [-0.1, -0.05) is 47.6 Å². The number of rotatable bonds is 21. The van der Waals surface area contributed by atoms with Gasteiger partial charge in [-0.15, -0.1) is 0 Å². The van der Waals surface area contributed by atoms with Crippen LogP contribution in [-0.2, 0) is 40.1 Å². The van der Waals surface area contributed by atoms with E-state index in [0.29, 0.717) is 79.6 Å². The summed E-state index contributed by atoms with van der Waals surface area (Å²) in [6.45, 7) is 21.5. The lowest BCUT2D eigenvalue weighted by molar-refractivity contribution is -0.143. The van der Waals surface area contributed by atoms with Crippen LogP contribution in [0.15, 0.2) is 30.3 Å². The van der Waals surface area contributed by atoms with Gasteiger partial charge in [0.1, 0.15) is 28.6 Å². The third-order valence-corrected chi connectivity index (χ3v) is 14.4. The Hall–Kier alpha value is -3.79. The fraction of sp³-hybridized carbons (Fsp3) is 0.549. The van der Waals surface area contributed by atoms with Crippen LogP contribution in [-0.4, -0.2) is 59.3 Å². The molecule has 2 aliphatic rings. The average molecular weight is 1000 g/mol. The maximum atomic E-state index is 13.9. The molecule has 0 radical (unpaired) electrons. The number of esters is 3. The van der Waals surface area contributed by atoms with E-state index < -0.39 is 43.1 Å². The molecule has 16 heteroatoms. The molecule has 2 atom stereocenters. The quantitative estimate of drug-likeness (QED) is 0.0432. The molecule has 12 nitrogen and oxygen atoms in total. The van der Waals surface area contributed by atoms with E-state index in [1.54, 1.807) is 72.7 Å². The Morgan fingerprint density at radius 3 is 2.04 bits per heavy atom. The van der Waals surface area contributed by atoms with E-state index in [-0.39, 0.29) is 61.3 Å². The molecular formula is C51H64Cl3N2O10P. The van der Waals surface area contributed by atoms with Crippen molar-refractivity contribution in [3.63, 3.8) is 0 Å². The summed E-state index contributed by atoms with van der Waals surface area (Å²) in [4.78, 5) is 54.0. The van der Waals surface area contributed by atoms with Gasteiger partial charge in [-0.3, -0.25) is 9.59 Å². The van der Waals surface area contributed by atoms with Crippen molar-refractivity contribution in [3.8, 4) is 23.3 Å². The molecule has 0 fully saturated rings. The molecule has 0 bridgehead atoms. The number of ether oxygens (including phenoxy) is 4. The number of aryl methyl sites for hydroxylation is 1. The highest BCUT2D eigenvalue weighted by molar-refractivity contribution is 7.44. The standard InChI is InChI=1S/C51H64Cl3N2O10P/c1-30(2)56(31(3)4)67(62-24-18-22-55)61-23-17-13-12-14-20-34(57)21-16-15-19-33-25-37-43(29-42(33)64-48(60)49(6,7)8)63-45-32(5)44(47(59)65-50(9,10)11)41(54)28-38(45)51(37)36-27-40(53)39(52)26-35(36)46(58)66-51/h25-31H,12-21,23-24H2,1-11H3. The van der Waals surface area contributed by atoms with E-state index >= 15 is 0 Å². The molecule has 364 valence electrons. The first-order valence-electron chi connectivity index (χ1n) is 23.0. The Morgan fingerprint density at radius 1 is 0.806 bits per heavy atom. The second-order valence-corrected chi connectivity index (χ2v) is 22.3. The van der Waals surface area contributed by atoms with Crippen molar-refractivity contribution in [3.05, 3.63) is 84.3 Å². The summed E-state index contributed by atoms with van der Waals surface area (Å²) in [6.07, 6.45) is 6.17. The zero-order valence-electron chi connectivity index (χ0n) is 40.6. The number of nitriles is 1. The first-order valence-corrected chi connectivity index (χ1v) is 25.3. The lowest BCUT2D eigenvalue weighted by atomic mass is 9.76. The minimum Gasteiger partial charge on any atom is -0.456 e. The summed E-state index contributed by atoms with van der Waals surface area (Å²) < 4.78 is 39.3. The van der Waals surface area contributed by atoms with Crippen LogP contribution in [0.25, 0.3) is 0 Å². The highest BCUT2D eigenvalue weighted by atomic mass is 35.5. The van der Waals surface area contributed by atoms with Crippen LogP contribution in [0.2, 0.25) is 15.1 Å². The molecule has 0 saturated heterocycles. The lowest BCUT2D eigenvalue weighted by Gasteiger charge is -2.38. The largest absolute Gasteiger partial charge is 0.456 e. The van der Waals surface area contributed by atoms with E-state index in [9.17, 15) is 19.2 Å². The van der Waals surface area contributed by atoms with Crippen LogP contribution in [0.5, 0.6) is 17.2 Å². The Kier molecular flexibility index (Phi) is 18.4. The van der Waals surface area contributed by atoms with Crippen LogP contribution in [0.3, 0.4) is 0 Å². The van der Waals surface area contributed by atoms with Crippen molar-refractivity contribution >= 4 is 67.0 Å². The maximum absolute atomic E-state index is 13.9. The van der Waals surface area contributed by atoms with Gasteiger partial charge in [0.15, 0.2) is 5.60 Å². The summed E-state index contributed by atoms with van der Waals surface area (Å²) in [5.74, 6) is -0.988. The molecule has 2 heterocycles. The molecule has 0 aliphatic carbocycles. The average Bonchev–Trinajstić information content (AvgIpc) is 3.49. The number of benzene rings is 3. The topological polar surface area (TPSA) is 151 Å². The van der Waals surface area contributed by atoms with Crippen LogP contribution in [0.1, 0.15) is 176 Å². The molecular weight excluding hydrogens is 938 g/mol. The van der Waals surface area contributed by atoms with Crippen molar-refractivity contribution < 1.29 is 47.2 Å². The molecule has 0 aromatic heterocycles. The minimum atomic E-state index is -1.68. The second kappa shape index (κ2) is 22.8. The number of Topliss-reactive ketones (excluding diaryl/α,β-unsaturated/α-hetero) is 1. The zero-order chi connectivity index (χ0) is 49.6. The molecule has 0 amide bonds. The van der Waals surface area contributed by atoms with Gasteiger partial charge in [-0.25, -0.2) is 14.3 Å². The van der Waals surface area contributed by atoms with Gasteiger partial charge in [-0.05, 0) is 138 Å². The van der Waals surface area contributed by atoms with Gasteiger partial charge < -0.3 is 28.0 Å². The number of ketones is 1. The molecule has 2 aliphatic heterocycles. The fourth-order valence-electron chi connectivity index (χ4n) is 8.15. The van der Waals surface area contributed by atoms with Gasteiger partial charge in [0.05, 0.1) is 57.3 Å². The summed E-state index contributed by atoms with van der Waals surface area (Å²) >= 11 is 20.0. The summed E-state index contributed by atoms with van der Waals surface area (Å²) in [7, 11) is -1.28. The van der Waals surface area contributed by atoms with Gasteiger partial charge in [0.2, 0.25) is 0 Å². The van der Waals surface area contributed by atoms with Crippen molar-refractivity contribution in [1.29, 1.82) is 5.26 Å². The molecule has 3 aromatic rings. The number of halogens is 3. The zero-order valence-corrected chi connectivity index (χ0v) is 43.7. The van der Waals surface area contributed by atoms with Gasteiger partial charge >= 0.3 is 17.9 Å². The van der Waals surface area contributed by atoms with Gasteiger partial charge in [0.25, 0.3) is 8.53 Å². The highest BCUT2D eigenvalue weighted by Gasteiger charge is 2.55. The molecule has 1 spiro atoms. The smallest absolute Gasteiger partial charge is 0.340 e. The van der Waals surface area contributed by atoms with Crippen molar-refractivity contribution in [2.75, 3.05) is 13.2 Å². The monoisotopic (exact) mass is 1000 g/mol. The normalized spacial score (nSPS) is 15.8. The van der Waals surface area contributed by atoms with Crippen molar-refractivity contribution in [2.24, 2.45) is 5.41 Å². The third-order valence-electron chi connectivity index (χ3n) is 11.3. The first kappa shape index (κ1) is 54.2. The van der Waals surface area contributed by atoms with E-state index in [4.69, 9.17) is 68.1 Å². The molecule has 0 N–H and O–H groups in total. The van der Waals surface area contributed by atoms with Crippen LogP contribution in [0.4, 0.5) is 0 Å². The van der Waals surface area contributed by atoms with E-state index in [0.717, 1.165) is 25.7 Å². The third kappa shape index (κ3) is 12.9. The van der Waals surface area contributed by atoms with E-state index in [1.807, 2.05) is 0 Å². The number of nitrogens with zero attached hydrogens (tertiary/aromatic N) is 2. The number of fused-ring (bicyclic) bond motifs is 6. The Labute approximate surface area is 412 Å². The summed E-state index contributed by atoms with van der Waals surface area (Å²) in [5, 5.41) is 9.37. The second-order valence-electron chi connectivity index (χ2n) is 19.6. The van der Waals surface area contributed by atoms with E-state index in [1.165, 1.54) is 6.07 Å². The number of hydrogen-bond acceptors (Lipinski definition) is 12. The van der Waals surface area contributed by atoms with Crippen molar-refractivity contribution in [1.82, 2.24) is 4.67 Å². The minimum absolute atomic E-state index is 0.0553. The number of carbonyl (C=O) groups excluding carboxylic acids is 4. The molecule has 2 unspecified atom stereocenters. The number of hydrogen-bond donors (Lipinski definition) is 0. The molecule has 3 aromatic carbocycles. The number of carbonyl (C=O) groups is 4. The Bertz CT molecular complexity index is 2380. The highest BCUT2D eigenvalue weighted by Crippen LogP contribution is 2.59. The fourth-order valence-corrected chi connectivity index (χ4v) is 10.4. The maximum Gasteiger partial charge on any atom is 0.340 e. The Balaban J connectivity index is 1.35. The SMILES string of the molecule is Cc1c2c(cc(Cl)c1C(=O)OC(C)(C)C)C1(OC(=O)c3cc(Cl)c(Cl)cc31)c1cc(CCCCC(=O)CCCCCCOP(OCCC#N)N(C(C)C)C(C)C)c(OC(=O)C(C)(C)C)cc1O2. The van der Waals surface area contributed by atoms with E-state index in [2.05, 4.69) is 38.4 Å². The summed E-state index contributed by atoms with van der Waals surface area (Å²) in [5.41, 5.74) is -0.990. The van der Waals surface area contributed by atoms with Gasteiger partial charge in [-0.2, -0.15) is 5.26 Å². The summed E-state index contributed by atoms with van der Waals surface area (Å²) in [6, 6.07) is 10.6. The Morgan fingerprint density at radius 2 is 1.42 bits per heavy atom.